The van der Waals surface area contributed by atoms with Crippen molar-refractivity contribution in [3.8, 4) is 40.2 Å². The zero-order valence-corrected chi connectivity index (χ0v) is 25.7. The largest absolute Gasteiger partial charge is 0.508 e. The quantitative estimate of drug-likeness (QED) is 0.223. The Balaban J connectivity index is 1.30. The number of phenolic OH excluding ortho intramolecular Hbond substituents is 3. The van der Waals surface area contributed by atoms with Gasteiger partial charge in [-0.1, -0.05) is 18.2 Å². The van der Waals surface area contributed by atoms with Crippen LogP contribution in [-0.4, -0.2) is 66.5 Å². The molecule has 0 radical (unpaired) electrons. The summed E-state index contributed by atoms with van der Waals surface area (Å²) in [7, 11) is 7.42. The maximum absolute atomic E-state index is 10.9. The number of hydrogen-bond acceptors (Lipinski definition) is 8. The molecule has 0 fully saturated rings. The number of aromatic hydroxyl groups is 3. The highest BCUT2D eigenvalue weighted by molar-refractivity contribution is 5.54. The minimum Gasteiger partial charge on any atom is -0.508 e. The lowest BCUT2D eigenvalue weighted by Gasteiger charge is -2.35. The molecule has 8 nitrogen and oxygen atoms in total. The molecule has 2 unspecified atom stereocenters. The fraction of sp³-hybridized carbons (Fsp3) is 0.333. The molecule has 0 amide bonds. The second-order valence-corrected chi connectivity index (χ2v) is 11.9. The lowest BCUT2D eigenvalue weighted by molar-refractivity contribution is 0.227. The molecule has 3 N–H and O–H groups in total. The van der Waals surface area contributed by atoms with E-state index in [0.717, 1.165) is 54.6 Å². The van der Waals surface area contributed by atoms with Gasteiger partial charge < -0.3 is 29.5 Å². The van der Waals surface area contributed by atoms with E-state index in [2.05, 4.69) is 30.0 Å². The lowest BCUT2D eigenvalue weighted by Crippen LogP contribution is -2.33. The Kier molecular flexibility index (Phi) is 8.29. The number of phenols is 3. The molecule has 4 aromatic carbocycles. The van der Waals surface area contributed by atoms with Crippen molar-refractivity contribution in [2.24, 2.45) is 0 Å². The molecule has 4 aromatic rings. The maximum atomic E-state index is 10.9. The molecule has 6 rings (SSSR count). The van der Waals surface area contributed by atoms with Crippen LogP contribution in [0.15, 0.2) is 66.7 Å². The van der Waals surface area contributed by atoms with Crippen LogP contribution in [0.2, 0.25) is 0 Å². The molecule has 8 heteroatoms. The van der Waals surface area contributed by atoms with Crippen molar-refractivity contribution in [1.29, 1.82) is 0 Å². The summed E-state index contributed by atoms with van der Waals surface area (Å²) in [6, 6.07) is 20.9. The zero-order valence-electron chi connectivity index (χ0n) is 25.7. The van der Waals surface area contributed by atoms with Gasteiger partial charge in [0.15, 0.2) is 34.5 Å². The molecule has 2 atom stereocenters. The predicted molar refractivity (Wildman–Crippen MR) is 169 cm³/mol. The van der Waals surface area contributed by atoms with E-state index in [-0.39, 0.29) is 29.3 Å². The van der Waals surface area contributed by atoms with E-state index in [0.29, 0.717) is 29.4 Å². The van der Waals surface area contributed by atoms with Crippen LogP contribution in [0.5, 0.6) is 40.2 Å². The molecule has 2 heterocycles. The SMILES string of the molecule is COc1cc2c(cc1O)C(Cc1ccc(O)c(Oc3cc4c(cc3OC)CCN(C)C4Cc3ccc(O)cc3)c1)N(C)CC2. The Morgan fingerprint density at radius 1 is 0.614 bits per heavy atom. The highest BCUT2D eigenvalue weighted by Gasteiger charge is 2.29. The van der Waals surface area contributed by atoms with Crippen molar-refractivity contribution in [3.05, 3.63) is 100 Å². The molecule has 0 bridgehead atoms. The first-order valence-electron chi connectivity index (χ1n) is 15.0. The number of likely N-dealkylation sites (N-methyl/N-ethyl adjacent to an activating group) is 2. The molecule has 0 aliphatic carbocycles. The van der Waals surface area contributed by atoms with Crippen LogP contribution in [0.25, 0.3) is 0 Å². The Labute approximate surface area is 258 Å². The second-order valence-electron chi connectivity index (χ2n) is 11.9. The number of rotatable bonds is 8. The molecular formula is C36H40N2O6. The van der Waals surface area contributed by atoms with E-state index in [4.69, 9.17) is 14.2 Å². The van der Waals surface area contributed by atoms with Crippen molar-refractivity contribution < 1.29 is 29.5 Å². The third-order valence-electron chi connectivity index (χ3n) is 9.15. The Bertz CT molecular complexity index is 1650. The lowest BCUT2D eigenvalue weighted by atomic mass is 9.88. The first-order valence-corrected chi connectivity index (χ1v) is 15.0. The molecule has 0 saturated heterocycles. The smallest absolute Gasteiger partial charge is 0.169 e. The minimum atomic E-state index is 0.0439. The third kappa shape index (κ3) is 5.87. The van der Waals surface area contributed by atoms with E-state index in [1.807, 2.05) is 42.5 Å². The van der Waals surface area contributed by atoms with Gasteiger partial charge in [-0.25, -0.2) is 0 Å². The van der Waals surface area contributed by atoms with Crippen LogP contribution in [0, 0.1) is 0 Å². The standard InChI is InChI=1S/C36H40N2O6/c1-37-14-12-25-19-35(43-4)36(21-28(25)29(37)15-22-5-8-26(39)9-6-22)44-34-17-23(7-10-31(34)40)16-30-27-20-32(41)33(42-3)18-24(27)11-13-38(30)2/h5-10,17-21,29-30,39-41H,11-16H2,1-4H3. The maximum Gasteiger partial charge on any atom is 0.169 e. The van der Waals surface area contributed by atoms with Gasteiger partial charge in [0.05, 0.1) is 14.2 Å². The Hall–Kier alpha value is -4.40. The van der Waals surface area contributed by atoms with Gasteiger partial charge in [-0.2, -0.15) is 0 Å². The van der Waals surface area contributed by atoms with Gasteiger partial charge in [0, 0.05) is 25.2 Å². The van der Waals surface area contributed by atoms with E-state index < -0.39 is 0 Å². The summed E-state index contributed by atoms with van der Waals surface area (Å²) in [4.78, 5) is 4.63. The average molecular weight is 597 g/mol. The summed E-state index contributed by atoms with van der Waals surface area (Å²) in [5.74, 6) is 2.44. The highest BCUT2D eigenvalue weighted by Crippen LogP contribution is 2.44. The number of ether oxygens (including phenoxy) is 3. The van der Waals surface area contributed by atoms with E-state index in [1.54, 1.807) is 32.4 Å². The van der Waals surface area contributed by atoms with Crippen LogP contribution < -0.4 is 14.2 Å². The van der Waals surface area contributed by atoms with Gasteiger partial charge in [-0.15, -0.1) is 0 Å². The molecule has 2 aliphatic heterocycles. The van der Waals surface area contributed by atoms with Crippen molar-refractivity contribution in [3.63, 3.8) is 0 Å². The summed E-state index contributed by atoms with van der Waals surface area (Å²) in [5.41, 5.74) is 6.76. The molecule has 0 spiro atoms. The van der Waals surface area contributed by atoms with Gasteiger partial charge >= 0.3 is 0 Å². The third-order valence-corrected chi connectivity index (χ3v) is 9.15. The predicted octanol–water partition coefficient (Wildman–Crippen LogP) is 6.16. The number of nitrogens with zero attached hydrogens (tertiary/aromatic N) is 2. The van der Waals surface area contributed by atoms with Gasteiger partial charge in [0.2, 0.25) is 0 Å². The summed E-state index contributed by atoms with van der Waals surface area (Å²) in [6.45, 7) is 1.81. The summed E-state index contributed by atoms with van der Waals surface area (Å²) in [6.07, 6.45) is 3.23. The normalized spacial score (nSPS) is 18.4. The van der Waals surface area contributed by atoms with Crippen LogP contribution in [0.3, 0.4) is 0 Å². The van der Waals surface area contributed by atoms with E-state index >= 15 is 0 Å². The monoisotopic (exact) mass is 596 g/mol. The Morgan fingerprint density at radius 3 is 1.82 bits per heavy atom. The minimum absolute atomic E-state index is 0.0439. The summed E-state index contributed by atoms with van der Waals surface area (Å²) >= 11 is 0. The molecule has 44 heavy (non-hydrogen) atoms. The molecule has 0 saturated carbocycles. The molecule has 230 valence electrons. The van der Waals surface area contributed by atoms with Crippen LogP contribution in [-0.2, 0) is 25.7 Å². The second kappa shape index (κ2) is 12.3. The summed E-state index contributed by atoms with van der Waals surface area (Å²) < 4.78 is 17.5. The number of benzene rings is 4. The van der Waals surface area contributed by atoms with Crippen molar-refractivity contribution in [2.75, 3.05) is 41.4 Å². The zero-order chi connectivity index (χ0) is 31.0. The molecule has 2 aliphatic rings. The fourth-order valence-electron chi connectivity index (χ4n) is 6.58. The van der Waals surface area contributed by atoms with Crippen molar-refractivity contribution in [1.82, 2.24) is 9.80 Å². The first-order chi connectivity index (χ1) is 21.2. The topological polar surface area (TPSA) is 94.9 Å². The van der Waals surface area contributed by atoms with E-state index in [9.17, 15) is 15.3 Å². The van der Waals surface area contributed by atoms with Crippen LogP contribution in [0.4, 0.5) is 0 Å². The van der Waals surface area contributed by atoms with E-state index in [1.165, 1.54) is 11.1 Å². The average Bonchev–Trinajstić information content (AvgIpc) is 3.02. The van der Waals surface area contributed by atoms with Crippen molar-refractivity contribution in [2.45, 2.75) is 37.8 Å². The Morgan fingerprint density at radius 2 is 1.18 bits per heavy atom. The highest BCUT2D eigenvalue weighted by atomic mass is 16.5. The van der Waals surface area contributed by atoms with Gasteiger partial charge in [0.25, 0.3) is 0 Å². The molecule has 0 aromatic heterocycles. The number of methoxy groups -OCH3 is 2. The van der Waals surface area contributed by atoms with Crippen LogP contribution in [0.1, 0.15) is 45.5 Å². The van der Waals surface area contributed by atoms with Gasteiger partial charge in [-0.05, 0) is 122 Å². The van der Waals surface area contributed by atoms with Gasteiger partial charge in [-0.3, -0.25) is 9.80 Å². The first kappa shape index (κ1) is 29.7. The number of hydrogen-bond donors (Lipinski definition) is 3. The summed E-state index contributed by atoms with van der Waals surface area (Å²) in [5, 5.41) is 31.1. The van der Waals surface area contributed by atoms with Gasteiger partial charge in [0.1, 0.15) is 5.75 Å². The van der Waals surface area contributed by atoms with Crippen LogP contribution >= 0.6 is 0 Å². The molecular weight excluding hydrogens is 556 g/mol. The number of fused-ring (bicyclic) bond motifs is 2. The fourth-order valence-corrected chi connectivity index (χ4v) is 6.58. The van der Waals surface area contributed by atoms with Crippen molar-refractivity contribution >= 4 is 0 Å².